The van der Waals surface area contributed by atoms with Crippen molar-refractivity contribution in [2.45, 2.75) is 44.9 Å². The van der Waals surface area contributed by atoms with Gasteiger partial charge in [0.1, 0.15) is 5.82 Å². The van der Waals surface area contributed by atoms with Gasteiger partial charge in [-0.25, -0.2) is 4.39 Å². The zero-order valence-electron chi connectivity index (χ0n) is 21.3. The van der Waals surface area contributed by atoms with Crippen molar-refractivity contribution in [3.63, 3.8) is 0 Å². The number of pyridine rings is 1. The minimum atomic E-state index is -4.55. The van der Waals surface area contributed by atoms with Crippen molar-refractivity contribution >= 4 is 0 Å². The second kappa shape index (κ2) is 12.3. The van der Waals surface area contributed by atoms with Crippen LogP contribution >= 0.6 is 0 Å². The molecule has 0 atom stereocenters. The summed E-state index contributed by atoms with van der Waals surface area (Å²) in [5.74, 6) is -0.326. The fourth-order valence-corrected chi connectivity index (χ4v) is 4.42. The molecule has 0 N–H and O–H groups in total. The molecule has 3 aromatic rings. The maximum Gasteiger partial charge on any atom is 0.416 e. The molecular formula is C29H31F4N3O. The molecule has 37 heavy (non-hydrogen) atoms. The third-order valence-corrected chi connectivity index (χ3v) is 6.52. The van der Waals surface area contributed by atoms with Crippen LogP contribution in [0.3, 0.4) is 0 Å². The molecule has 4 rings (SSSR count). The van der Waals surface area contributed by atoms with Crippen LogP contribution < -0.4 is 0 Å². The highest BCUT2D eigenvalue weighted by Crippen LogP contribution is 2.37. The molecule has 1 aliphatic rings. The van der Waals surface area contributed by atoms with Gasteiger partial charge in [0.25, 0.3) is 0 Å². The van der Waals surface area contributed by atoms with Crippen LogP contribution in [0.1, 0.15) is 49.1 Å². The van der Waals surface area contributed by atoms with E-state index >= 15 is 0 Å². The van der Waals surface area contributed by atoms with Gasteiger partial charge in [-0.05, 0) is 74.9 Å². The number of likely N-dealkylation sites (tertiary alicyclic amines) is 1. The summed E-state index contributed by atoms with van der Waals surface area (Å²) in [7, 11) is 2.02. The lowest BCUT2D eigenvalue weighted by molar-refractivity contribution is -0.137. The summed E-state index contributed by atoms with van der Waals surface area (Å²) in [6, 6.07) is 16.7. The van der Waals surface area contributed by atoms with Crippen LogP contribution in [0, 0.1) is 17.1 Å². The number of nitriles is 1. The number of ether oxygens (including phenoxy) is 1. The molecule has 4 nitrogen and oxygen atoms in total. The lowest BCUT2D eigenvalue weighted by Crippen LogP contribution is -2.43. The summed E-state index contributed by atoms with van der Waals surface area (Å²) >= 11 is 0. The highest BCUT2D eigenvalue weighted by atomic mass is 19.4. The van der Waals surface area contributed by atoms with Crippen molar-refractivity contribution in [3.05, 3.63) is 88.9 Å². The van der Waals surface area contributed by atoms with Crippen molar-refractivity contribution in [2.75, 3.05) is 26.7 Å². The normalized spacial score (nSPS) is 15.4. The van der Waals surface area contributed by atoms with Crippen molar-refractivity contribution in [1.29, 1.82) is 5.26 Å². The summed E-state index contributed by atoms with van der Waals surface area (Å²) in [5, 5.41) is 8.98. The molecule has 1 aliphatic heterocycles. The Kier molecular flexibility index (Phi) is 9.41. The topological polar surface area (TPSA) is 49.1 Å². The number of halogens is 4. The third-order valence-electron chi connectivity index (χ3n) is 6.52. The smallest absolute Gasteiger partial charge is 0.374 e. The quantitative estimate of drug-likeness (QED) is 0.334. The second-order valence-electron chi connectivity index (χ2n) is 9.01. The maximum absolute atomic E-state index is 14.0. The average Bonchev–Trinajstić information content (AvgIpc) is 2.90. The van der Waals surface area contributed by atoms with E-state index in [-0.39, 0.29) is 30.4 Å². The Morgan fingerprint density at radius 2 is 1.70 bits per heavy atom. The fraction of sp³-hybridized carbons (Fsp3) is 0.379. The number of hydrogen-bond donors (Lipinski definition) is 0. The maximum atomic E-state index is 14.0. The van der Waals surface area contributed by atoms with Gasteiger partial charge in [-0.15, -0.1) is 0 Å². The van der Waals surface area contributed by atoms with E-state index < -0.39 is 17.2 Å². The summed E-state index contributed by atoms with van der Waals surface area (Å²) in [5.41, 5.74) is 0.786. The van der Waals surface area contributed by atoms with E-state index in [9.17, 15) is 17.6 Å². The molecule has 0 amide bonds. The van der Waals surface area contributed by atoms with Crippen LogP contribution in [-0.4, -0.2) is 36.6 Å². The van der Waals surface area contributed by atoms with E-state index in [1.807, 2.05) is 33.0 Å². The number of nitrogens with zero attached hydrogens (tertiary/aromatic N) is 3. The molecule has 196 valence electrons. The monoisotopic (exact) mass is 513 g/mol. The Hall–Kier alpha value is -3.28. The van der Waals surface area contributed by atoms with E-state index in [4.69, 9.17) is 10.00 Å². The minimum absolute atomic E-state index is 0.111. The fourth-order valence-electron chi connectivity index (χ4n) is 4.42. The number of aromatic nitrogens is 1. The van der Waals surface area contributed by atoms with Gasteiger partial charge < -0.3 is 9.64 Å². The average molecular weight is 514 g/mol. The Morgan fingerprint density at radius 3 is 2.30 bits per heavy atom. The Labute approximate surface area is 215 Å². The molecule has 2 heterocycles. The molecule has 1 fully saturated rings. The molecule has 0 unspecified atom stereocenters. The Morgan fingerprint density at radius 1 is 1.03 bits per heavy atom. The van der Waals surface area contributed by atoms with Crippen LogP contribution in [0.2, 0.25) is 0 Å². The van der Waals surface area contributed by atoms with E-state index in [0.717, 1.165) is 43.6 Å². The predicted molar refractivity (Wildman–Crippen MR) is 135 cm³/mol. The zero-order chi connectivity index (χ0) is 27.1. The Bertz CT molecular complexity index is 1210. The molecule has 8 heteroatoms. The van der Waals surface area contributed by atoms with Gasteiger partial charge in [0.05, 0.1) is 41.8 Å². The Balaban J connectivity index is 0.00000186. The lowest BCUT2D eigenvalue weighted by Gasteiger charge is -2.41. The van der Waals surface area contributed by atoms with Gasteiger partial charge in [-0.3, -0.25) is 4.98 Å². The van der Waals surface area contributed by atoms with Crippen LogP contribution in [0.25, 0.3) is 11.3 Å². The van der Waals surface area contributed by atoms with Gasteiger partial charge in [0.2, 0.25) is 0 Å². The highest BCUT2D eigenvalue weighted by molar-refractivity contribution is 5.61. The van der Waals surface area contributed by atoms with Crippen LogP contribution in [-0.2, 0) is 22.9 Å². The molecule has 2 aromatic carbocycles. The molecule has 0 radical (unpaired) electrons. The molecule has 1 aromatic heterocycles. The first-order chi connectivity index (χ1) is 17.7. The van der Waals surface area contributed by atoms with E-state index in [0.29, 0.717) is 11.1 Å². The van der Waals surface area contributed by atoms with Gasteiger partial charge in [0.15, 0.2) is 0 Å². The highest BCUT2D eigenvalue weighted by Gasteiger charge is 2.36. The first-order valence-electron chi connectivity index (χ1n) is 12.3. The van der Waals surface area contributed by atoms with E-state index in [2.05, 4.69) is 9.88 Å². The first kappa shape index (κ1) is 28.3. The summed E-state index contributed by atoms with van der Waals surface area (Å²) in [4.78, 5) is 6.59. The molecule has 0 aliphatic carbocycles. The summed E-state index contributed by atoms with van der Waals surface area (Å²) in [6.45, 7) is 5.75. The number of alkyl halides is 3. The summed E-state index contributed by atoms with van der Waals surface area (Å²) < 4.78 is 60.8. The van der Waals surface area contributed by atoms with Gasteiger partial charge >= 0.3 is 6.18 Å². The van der Waals surface area contributed by atoms with Crippen molar-refractivity contribution < 1.29 is 22.3 Å². The molecule has 0 bridgehead atoms. The second-order valence-corrected chi connectivity index (χ2v) is 9.01. The van der Waals surface area contributed by atoms with Crippen LogP contribution in [0.15, 0.2) is 60.7 Å². The standard InChI is InChI=1S/C27H25F4N3O.C2H6/c1-34-11-9-26(10-12-34,21-3-2-4-23(28)13-21)18-35-17-24-14-22(27(29,30)31)15-25(33-24)20-7-5-19(16-32)6-8-20;1-2/h2-8,13-15H,9-12,17-18H2,1H3;1-2H3. The summed E-state index contributed by atoms with van der Waals surface area (Å²) in [6.07, 6.45) is -3.05. The van der Waals surface area contributed by atoms with E-state index in [1.54, 1.807) is 18.2 Å². The van der Waals surface area contributed by atoms with Crippen LogP contribution in [0.4, 0.5) is 17.6 Å². The van der Waals surface area contributed by atoms with Crippen molar-refractivity contribution in [1.82, 2.24) is 9.88 Å². The van der Waals surface area contributed by atoms with E-state index in [1.165, 1.54) is 24.3 Å². The number of benzene rings is 2. The van der Waals surface area contributed by atoms with Crippen molar-refractivity contribution in [2.24, 2.45) is 0 Å². The van der Waals surface area contributed by atoms with Crippen LogP contribution in [0.5, 0.6) is 0 Å². The minimum Gasteiger partial charge on any atom is -0.374 e. The molecule has 1 saturated heterocycles. The SMILES string of the molecule is CC.CN1CCC(COCc2cc(C(F)(F)F)cc(-c3ccc(C#N)cc3)n2)(c2cccc(F)c2)CC1. The first-order valence-corrected chi connectivity index (χ1v) is 12.3. The van der Waals surface area contributed by atoms with Crippen molar-refractivity contribution in [3.8, 4) is 17.3 Å². The molecule has 0 spiro atoms. The number of hydrogen-bond acceptors (Lipinski definition) is 4. The lowest BCUT2D eigenvalue weighted by atomic mass is 9.73. The third kappa shape index (κ3) is 7.15. The largest absolute Gasteiger partial charge is 0.416 e. The zero-order valence-corrected chi connectivity index (χ0v) is 21.3. The predicted octanol–water partition coefficient (Wildman–Crippen LogP) is 6.98. The molecular weight excluding hydrogens is 482 g/mol. The number of rotatable bonds is 6. The molecule has 0 saturated carbocycles. The van der Waals surface area contributed by atoms with Gasteiger partial charge in [-0.2, -0.15) is 18.4 Å². The van der Waals surface area contributed by atoms with Gasteiger partial charge in [-0.1, -0.05) is 38.1 Å². The number of piperidine rings is 1. The van der Waals surface area contributed by atoms with Gasteiger partial charge in [0, 0.05) is 11.0 Å².